The molecule has 0 aromatic heterocycles. The van der Waals surface area contributed by atoms with Gasteiger partial charge < -0.3 is 20.9 Å². The minimum atomic E-state index is -0.195. The second-order valence-corrected chi connectivity index (χ2v) is 7.09. The second kappa shape index (κ2) is 7.56. The third kappa shape index (κ3) is 3.71. The predicted molar refractivity (Wildman–Crippen MR) is 116 cm³/mol. The van der Waals surface area contributed by atoms with Crippen LogP contribution in [0.5, 0.6) is 0 Å². The molecule has 1 amide bonds. The van der Waals surface area contributed by atoms with Gasteiger partial charge in [-0.2, -0.15) is 5.26 Å². The molecule has 6 heteroatoms. The first-order chi connectivity index (χ1) is 14.0. The number of carbonyl (C=O) groups is 1. The number of benzene rings is 3. The normalized spacial score (nSPS) is 12.4. The highest BCUT2D eigenvalue weighted by Crippen LogP contribution is 2.36. The van der Waals surface area contributed by atoms with Gasteiger partial charge in [-0.15, -0.1) is 0 Å². The Balaban J connectivity index is 1.48. The smallest absolute Gasteiger partial charge is 0.255 e. The molecule has 1 heterocycles. The average Bonchev–Trinajstić information content (AvgIpc) is 3.05. The Morgan fingerprint density at radius 2 is 1.86 bits per heavy atom. The molecule has 0 unspecified atom stereocenters. The van der Waals surface area contributed by atoms with Crippen LogP contribution in [0.15, 0.2) is 66.7 Å². The number of hydrogen-bond acceptors (Lipinski definition) is 5. The monoisotopic (exact) mass is 383 g/mol. The number of fused-ring (bicyclic) bond motifs is 1. The van der Waals surface area contributed by atoms with Crippen molar-refractivity contribution in [3.05, 3.63) is 83.4 Å². The highest BCUT2D eigenvalue weighted by atomic mass is 16.1. The van der Waals surface area contributed by atoms with E-state index in [0.29, 0.717) is 29.0 Å². The first-order valence-electron chi connectivity index (χ1n) is 9.30. The first-order valence-corrected chi connectivity index (χ1v) is 9.30. The summed E-state index contributed by atoms with van der Waals surface area (Å²) in [7, 11) is 2.04. The summed E-state index contributed by atoms with van der Waals surface area (Å²) in [6.45, 7) is 1.44. The van der Waals surface area contributed by atoms with Gasteiger partial charge in [0.1, 0.15) is 0 Å². The van der Waals surface area contributed by atoms with E-state index in [1.54, 1.807) is 12.1 Å². The zero-order chi connectivity index (χ0) is 20.4. The van der Waals surface area contributed by atoms with E-state index in [1.165, 1.54) is 0 Å². The first kappa shape index (κ1) is 18.4. The Kier molecular flexibility index (Phi) is 4.80. The highest BCUT2D eigenvalue weighted by Gasteiger charge is 2.23. The molecule has 0 radical (unpaired) electrons. The Bertz CT molecular complexity index is 1100. The van der Waals surface area contributed by atoms with Crippen LogP contribution in [-0.4, -0.2) is 19.6 Å². The third-order valence-electron chi connectivity index (χ3n) is 5.04. The van der Waals surface area contributed by atoms with Crippen LogP contribution >= 0.6 is 0 Å². The van der Waals surface area contributed by atoms with Crippen LogP contribution in [0.1, 0.15) is 21.5 Å². The number of carbonyl (C=O) groups excluding carboxylic acids is 1. The van der Waals surface area contributed by atoms with Crippen LogP contribution in [0.25, 0.3) is 0 Å². The van der Waals surface area contributed by atoms with Gasteiger partial charge in [0.2, 0.25) is 0 Å². The lowest BCUT2D eigenvalue weighted by molar-refractivity contribution is 0.102. The summed E-state index contributed by atoms with van der Waals surface area (Å²) in [5.74, 6) is -0.195. The summed E-state index contributed by atoms with van der Waals surface area (Å²) in [6.07, 6.45) is 0. The lowest BCUT2D eigenvalue weighted by atomic mass is 10.1. The molecule has 6 nitrogen and oxygen atoms in total. The molecule has 0 saturated carbocycles. The number of rotatable bonds is 4. The lowest BCUT2D eigenvalue weighted by Crippen LogP contribution is -2.27. The minimum absolute atomic E-state index is 0.195. The molecular formula is C23H21N5O. The number of para-hydroxylation sites is 2. The molecule has 0 fully saturated rings. The summed E-state index contributed by atoms with van der Waals surface area (Å²) in [4.78, 5) is 16.9. The SMILES string of the molecule is CN1CN(Cc2ccc(C(=O)Nc3ccccc3N)cc2)c2cc(C#N)ccc21. The van der Waals surface area contributed by atoms with Crippen molar-refractivity contribution in [1.82, 2.24) is 0 Å². The summed E-state index contributed by atoms with van der Waals surface area (Å²) in [6, 6.07) is 22.7. The molecule has 1 aliphatic rings. The van der Waals surface area contributed by atoms with Gasteiger partial charge in [0.05, 0.1) is 41.1 Å². The quantitative estimate of drug-likeness (QED) is 0.669. The molecule has 0 bridgehead atoms. The van der Waals surface area contributed by atoms with E-state index in [2.05, 4.69) is 21.2 Å². The van der Waals surface area contributed by atoms with Crippen molar-refractivity contribution in [1.29, 1.82) is 5.26 Å². The summed E-state index contributed by atoms with van der Waals surface area (Å²) in [5.41, 5.74) is 11.5. The number of nitrogens with one attached hydrogen (secondary N) is 1. The zero-order valence-electron chi connectivity index (χ0n) is 16.1. The maximum absolute atomic E-state index is 12.5. The number of nitrogens with zero attached hydrogens (tertiary/aromatic N) is 3. The van der Waals surface area contributed by atoms with E-state index in [-0.39, 0.29) is 5.91 Å². The molecule has 1 aliphatic heterocycles. The molecule has 0 saturated heterocycles. The van der Waals surface area contributed by atoms with Gasteiger partial charge in [-0.1, -0.05) is 24.3 Å². The highest BCUT2D eigenvalue weighted by molar-refractivity contribution is 6.05. The lowest BCUT2D eigenvalue weighted by Gasteiger charge is -2.19. The Labute approximate surface area is 169 Å². The van der Waals surface area contributed by atoms with Crippen molar-refractivity contribution in [3.8, 4) is 6.07 Å². The summed E-state index contributed by atoms with van der Waals surface area (Å²) < 4.78 is 0. The van der Waals surface area contributed by atoms with E-state index in [9.17, 15) is 10.1 Å². The third-order valence-corrected chi connectivity index (χ3v) is 5.04. The molecule has 0 aliphatic carbocycles. The molecule has 3 N–H and O–H groups in total. The second-order valence-electron chi connectivity index (χ2n) is 7.09. The standard InChI is InChI=1S/C23H21N5O/c1-27-15-28(22-12-17(13-24)8-11-21(22)27)14-16-6-9-18(10-7-16)23(29)26-20-5-3-2-4-19(20)25/h2-12H,14-15,25H2,1H3,(H,26,29). The van der Waals surface area contributed by atoms with Crippen LogP contribution in [0.4, 0.5) is 22.7 Å². The Morgan fingerprint density at radius 1 is 1.10 bits per heavy atom. The van der Waals surface area contributed by atoms with Crippen molar-refractivity contribution in [2.45, 2.75) is 6.54 Å². The molecule has 0 atom stereocenters. The molecule has 3 aromatic rings. The summed E-state index contributed by atoms with van der Waals surface area (Å²) in [5, 5.41) is 12.0. The van der Waals surface area contributed by atoms with E-state index >= 15 is 0 Å². The Morgan fingerprint density at radius 3 is 2.59 bits per heavy atom. The average molecular weight is 383 g/mol. The number of nitrogens with two attached hydrogens (primary N) is 1. The largest absolute Gasteiger partial charge is 0.397 e. The Hall–Kier alpha value is -3.98. The van der Waals surface area contributed by atoms with Crippen LogP contribution in [0.2, 0.25) is 0 Å². The number of nitriles is 1. The minimum Gasteiger partial charge on any atom is -0.397 e. The van der Waals surface area contributed by atoms with E-state index in [4.69, 9.17) is 5.73 Å². The number of amides is 1. The van der Waals surface area contributed by atoms with Crippen molar-refractivity contribution in [2.75, 3.05) is 34.6 Å². The van der Waals surface area contributed by atoms with E-state index in [1.807, 2.05) is 61.6 Å². The van der Waals surface area contributed by atoms with Gasteiger partial charge in [0.25, 0.3) is 5.91 Å². The van der Waals surface area contributed by atoms with Crippen molar-refractivity contribution < 1.29 is 4.79 Å². The van der Waals surface area contributed by atoms with Crippen LogP contribution in [0.3, 0.4) is 0 Å². The maximum atomic E-state index is 12.5. The van der Waals surface area contributed by atoms with Crippen molar-refractivity contribution in [3.63, 3.8) is 0 Å². The molecule has 3 aromatic carbocycles. The maximum Gasteiger partial charge on any atom is 0.255 e. The van der Waals surface area contributed by atoms with Crippen molar-refractivity contribution >= 4 is 28.7 Å². The summed E-state index contributed by atoms with van der Waals surface area (Å²) >= 11 is 0. The number of hydrogen-bond donors (Lipinski definition) is 2. The van der Waals surface area contributed by atoms with Gasteiger partial charge in [0, 0.05) is 19.2 Å². The van der Waals surface area contributed by atoms with Gasteiger partial charge in [-0.3, -0.25) is 4.79 Å². The van der Waals surface area contributed by atoms with Crippen LogP contribution in [-0.2, 0) is 6.54 Å². The molecule has 29 heavy (non-hydrogen) atoms. The fourth-order valence-electron chi connectivity index (χ4n) is 3.50. The fourth-order valence-corrected chi connectivity index (χ4v) is 3.50. The van der Waals surface area contributed by atoms with Gasteiger partial charge in [0.15, 0.2) is 0 Å². The zero-order valence-corrected chi connectivity index (χ0v) is 16.1. The van der Waals surface area contributed by atoms with Crippen LogP contribution < -0.4 is 20.9 Å². The number of anilines is 4. The topological polar surface area (TPSA) is 85.4 Å². The van der Waals surface area contributed by atoms with Crippen LogP contribution in [0, 0.1) is 11.3 Å². The van der Waals surface area contributed by atoms with Gasteiger partial charge >= 0.3 is 0 Å². The van der Waals surface area contributed by atoms with E-state index < -0.39 is 0 Å². The molecule has 4 rings (SSSR count). The van der Waals surface area contributed by atoms with E-state index in [0.717, 1.165) is 23.6 Å². The fraction of sp³-hybridized carbons (Fsp3) is 0.130. The molecule has 144 valence electrons. The van der Waals surface area contributed by atoms with Gasteiger partial charge in [-0.25, -0.2) is 0 Å². The van der Waals surface area contributed by atoms with Crippen molar-refractivity contribution in [2.24, 2.45) is 0 Å². The van der Waals surface area contributed by atoms with Gasteiger partial charge in [-0.05, 0) is 48.0 Å². The number of nitrogen functional groups attached to an aromatic ring is 1. The molecule has 0 spiro atoms. The molecular weight excluding hydrogens is 362 g/mol. The predicted octanol–water partition coefficient (Wildman–Crippen LogP) is 3.81.